The second kappa shape index (κ2) is 8.53. The third kappa shape index (κ3) is 4.43. The molecule has 3 aromatic rings. The van der Waals surface area contributed by atoms with Crippen molar-refractivity contribution in [2.24, 2.45) is 0 Å². The molecule has 6 nitrogen and oxygen atoms in total. The fourth-order valence-electron chi connectivity index (χ4n) is 2.38. The van der Waals surface area contributed by atoms with Gasteiger partial charge in [-0.15, -0.1) is 10.2 Å². The number of ether oxygens (including phenoxy) is 2. The number of benzene rings is 2. The lowest BCUT2D eigenvalue weighted by molar-refractivity contribution is 0.101. The largest absolute Gasteiger partial charge is 0.497 e. The zero-order valence-electron chi connectivity index (χ0n) is 14.5. The first-order valence-corrected chi connectivity index (χ1v) is 8.92. The average Bonchev–Trinajstić information content (AvgIpc) is 3.13. The topological polar surface area (TPSA) is 74.5 Å². The number of Topliss-reactive ketones (excluding diaryl/α,β-unsaturated/α-hetero) is 1. The van der Waals surface area contributed by atoms with E-state index in [1.54, 1.807) is 25.3 Å². The van der Waals surface area contributed by atoms with Gasteiger partial charge >= 0.3 is 0 Å². The van der Waals surface area contributed by atoms with Gasteiger partial charge in [0.1, 0.15) is 11.5 Å². The Labute approximate surface area is 155 Å². The predicted molar refractivity (Wildman–Crippen MR) is 98.1 cm³/mol. The van der Waals surface area contributed by atoms with Gasteiger partial charge in [-0.05, 0) is 23.8 Å². The summed E-state index contributed by atoms with van der Waals surface area (Å²) in [7, 11) is 3.08. The number of thioether (sulfide) groups is 1. The molecule has 0 unspecified atom stereocenters. The van der Waals surface area contributed by atoms with Gasteiger partial charge in [-0.25, -0.2) is 0 Å². The zero-order valence-corrected chi connectivity index (χ0v) is 15.3. The normalized spacial score (nSPS) is 10.5. The minimum absolute atomic E-state index is 0.103. The fourth-order valence-corrected chi connectivity index (χ4v) is 3.04. The molecule has 0 aliphatic heterocycles. The quantitative estimate of drug-likeness (QED) is 0.442. The van der Waals surface area contributed by atoms with Crippen LogP contribution in [0.1, 0.15) is 21.8 Å². The molecule has 0 aliphatic carbocycles. The minimum Gasteiger partial charge on any atom is -0.497 e. The molecular weight excluding hydrogens is 352 g/mol. The molecular formula is C19H18N2O4S. The molecule has 0 spiro atoms. The van der Waals surface area contributed by atoms with Crippen LogP contribution in [-0.2, 0) is 6.42 Å². The maximum atomic E-state index is 12.5. The summed E-state index contributed by atoms with van der Waals surface area (Å²) in [5.41, 5.74) is 1.55. The summed E-state index contributed by atoms with van der Waals surface area (Å²) in [5.74, 6) is 1.68. The molecule has 2 aromatic carbocycles. The third-order valence-corrected chi connectivity index (χ3v) is 4.50. The molecule has 0 amide bonds. The molecule has 0 aliphatic rings. The smallest absolute Gasteiger partial charge is 0.277 e. The van der Waals surface area contributed by atoms with E-state index in [0.717, 1.165) is 5.56 Å². The first kappa shape index (κ1) is 18.0. The van der Waals surface area contributed by atoms with Gasteiger partial charge < -0.3 is 13.9 Å². The van der Waals surface area contributed by atoms with E-state index in [0.29, 0.717) is 34.6 Å². The molecule has 26 heavy (non-hydrogen) atoms. The van der Waals surface area contributed by atoms with Crippen LogP contribution >= 0.6 is 11.8 Å². The Morgan fingerprint density at radius 3 is 2.62 bits per heavy atom. The second-order valence-electron chi connectivity index (χ2n) is 5.40. The molecule has 0 radical (unpaired) electrons. The van der Waals surface area contributed by atoms with Crippen molar-refractivity contribution in [2.45, 2.75) is 11.6 Å². The van der Waals surface area contributed by atoms with Crippen LogP contribution in [0.2, 0.25) is 0 Å². The Kier molecular flexibility index (Phi) is 5.91. The van der Waals surface area contributed by atoms with Crippen LogP contribution in [-0.4, -0.2) is 36.0 Å². The lowest BCUT2D eigenvalue weighted by Gasteiger charge is -2.08. The highest BCUT2D eigenvalue weighted by Gasteiger charge is 2.16. The number of methoxy groups -OCH3 is 2. The summed E-state index contributed by atoms with van der Waals surface area (Å²) in [5, 5.41) is 8.39. The van der Waals surface area contributed by atoms with Crippen LogP contribution in [0.5, 0.6) is 11.5 Å². The average molecular weight is 370 g/mol. The van der Waals surface area contributed by atoms with Gasteiger partial charge in [0.25, 0.3) is 5.22 Å². The lowest BCUT2D eigenvalue weighted by Crippen LogP contribution is -2.05. The summed E-state index contributed by atoms with van der Waals surface area (Å²) in [6.45, 7) is 0. The van der Waals surface area contributed by atoms with Gasteiger partial charge in [-0.1, -0.05) is 42.1 Å². The predicted octanol–water partition coefficient (Wildman–Crippen LogP) is 3.65. The highest BCUT2D eigenvalue weighted by molar-refractivity contribution is 7.99. The van der Waals surface area contributed by atoms with Crippen molar-refractivity contribution in [3.63, 3.8) is 0 Å². The Balaban J connectivity index is 1.63. The number of rotatable bonds is 8. The van der Waals surface area contributed by atoms with Crippen molar-refractivity contribution in [1.82, 2.24) is 10.2 Å². The molecule has 0 fully saturated rings. The fraction of sp³-hybridized carbons (Fsp3) is 0.211. The van der Waals surface area contributed by atoms with Gasteiger partial charge in [0.2, 0.25) is 5.89 Å². The number of hydrogen-bond donors (Lipinski definition) is 0. The SMILES string of the molecule is COc1ccc(OC)c(C(=O)CSc2nnc(Cc3ccccc3)o2)c1. The van der Waals surface area contributed by atoms with Crippen molar-refractivity contribution in [3.8, 4) is 11.5 Å². The van der Waals surface area contributed by atoms with Crippen LogP contribution in [0.4, 0.5) is 0 Å². The summed E-state index contributed by atoms with van der Waals surface area (Å²) >= 11 is 1.20. The monoisotopic (exact) mass is 370 g/mol. The Bertz CT molecular complexity index is 880. The standard InChI is InChI=1S/C19H18N2O4S/c1-23-14-8-9-17(24-2)15(11-14)16(22)12-26-19-21-20-18(25-19)10-13-6-4-3-5-7-13/h3-9,11H,10,12H2,1-2H3. The number of carbonyl (C=O) groups excluding carboxylic acids is 1. The number of aromatic nitrogens is 2. The van der Waals surface area contributed by atoms with E-state index in [2.05, 4.69) is 10.2 Å². The number of carbonyl (C=O) groups is 1. The van der Waals surface area contributed by atoms with Gasteiger partial charge in [0, 0.05) is 0 Å². The van der Waals surface area contributed by atoms with Crippen LogP contribution in [0.15, 0.2) is 58.2 Å². The molecule has 3 rings (SSSR count). The third-order valence-electron chi connectivity index (χ3n) is 3.68. The Morgan fingerprint density at radius 1 is 1.08 bits per heavy atom. The molecule has 0 N–H and O–H groups in total. The van der Waals surface area contributed by atoms with Crippen molar-refractivity contribution in [1.29, 1.82) is 0 Å². The Hall–Kier alpha value is -2.80. The van der Waals surface area contributed by atoms with E-state index in [1.165, 1.54) is 18.9 Å². The first-order valence-electron chi connectivity index (χ1n) is 7.94. The van der Waals surface area contributed by atoms with Crippen molar-refractivity contribution in [3.05, 3.63) is 65.5 Å². The van der Waals surface area contributed by atoms with E-state index >= 15 is 0 Å². The number of nitrogens with zero attached hydrogens (tertiary/aromatic N) is 2. The van der Waals surface area contributed by atoms with Crippen LogP contribution < -0.4 is 9.47 Å². The molecule has 134 valence electrons. The van der Waals surface area contributed by atoms with E-state index in [4.69, 9.17) is 13.9 Å². The highest BCUT2D eigenvalue weighted by Crippen LogP contribution is 2.27. The molecule has 1 aromatic heterocycles. The van der Waals surface area contributed by atoms with Gasteiger partial charge in [-0.2, -0.15) is 0 Å². The van der Waals surface area contributed by atoms with E-state index in [9.17, 15) is 4.79 Å². The van der Waals surface area contributed by atoms with Crippen LogP contribution in [0, 0.1) is 0 Å². The summed E-state index contributed by atoms with van der Waals surface area (Å²) in [6, 6.07) is 15.0. The molecule has 0 saturated heterocycles. The van der Waals surface area contributed by atoms with Gasteiger partial charge in [0.15, 0.2) is 5.78 Å². The molecule has 1 heterocycles. The van der Waals surface area contributed by atoms with Crippen molar-refractivity contribution < 1.29 is 18.7 Å². The summed E-state index contributed by atoms with van der Waals surface area (Å²) < 4.78 is 16.0. The molecule has 0 bridgehead atoms. The first-order chi connectivity index (χ1) is 12.7. The number of ketones is 1. The van der Waals surface area contributed by atoms with Crippen molar-refractivity contribution >= 4 is 17.5 Å². The van der Waals surface area contributed by atoms with Crippen LogP contribution in [0.25, 0.3) is 0 Å². The van der Waals surface area contributed by atoms with E-state index in [1.807, 2.05) is 30.3 Å². The zero-order chi connectivity index (χ0) is 18.4. The molecule has 0 saturated carbocycles. The van der Waals surface area contributed by atoms with Gasteiger partial charge in [0.05, 0.1) is 32.0 Å². The highest BCUT2D eigenvalue weighted by atomic mass is 32.2. The maximum absolute atomic E-state index is 12.5. The summed E-state index contributed by atoms with van der Waals surface area (Å²) in [4.78, 5) is 12.5. The van der Waals surface area contributed by atoms with Crippen molar-refractivity contribution in [2.75, 3.05) is 20.0 Å². The van der Waals surface area contributed by atoms with E-state index < -0.39 is 0 Å². The lowest BCUT2D eigenvalue weighted by atomic mass is 10.1. The molecule has 0 atom stereocenters. The van der Waals surface area contributed by atoms with Gasteiger partial charge in [-0.3, -0.25) is 4.79 Å². The second-order valence-corrected chi connectivity index (χ2v) is 6.33. The Morgan fingerprint density at radius 2 is 1.88 bits per heavy atom. The minimum atomic E-state index is -0.103. The van der Waals surface area contributed by atoms with Crippen LogP contribution in [0.3, 0.4) is 0 Å². The summed E-state index contributed by atoms with van der Waals surface area (Å²) in [6.07, 6.45) is 0.562. The van der Waals surface area contributed by atoms with E-state index in [-0.39, 0.29) is 11.5 Å². The maximum Gasteiger partial charge on any atom is 0.277 e. The number of hydrogen-bond acceptors (Lipinski definition) is 7. The molecule has 7 heteroatoms.